The molecule has 1 aliphatic rings. The van der Waals surface area contributed by atoms with E-state index >= 15 is 0 Å². The highest BCUT2D eigenvalue weighted by molar-refractivity contribution is 5.89. The zero-order valence-electron chi connectivity index (χ0n) is 17.4. The number of benzene rings is 3. The Morgan fingerprint density at radius 2 is 1.65 bits per heavy atom. The van der Waals surface area contributed by atoms with Gasteiger partial charge < -0.3 is 0 Å². The third-order valence-corrected chi connectivity index (χ3v) is 5.86. The number of nitrogens with zero attached hydrogens (tertiary/aromatic N) is 2. The van der Waals surface area contributed by atoms with Crippen LogP contribution in [0.15, 0.2) is 77.9 Å². The van der Waals surface area contributed by atoms with E-state index < -0.39 is 10.3 Å². The number of para-hydroxylation sites is 1. The standard InChI is InChI=1S/C25H23N3O3/c1-17-7-5-10-20(13-17)25(21-11-6-8-18(2)14-21)15-22(25)24(29)27-26-16-19-9-3-4-12-23(19)28(30)31/h3-14,16,22H,15H2,1-2H3,(H,27,29)/b26-16+. The monoisotopic (exact) mass is 413 g/mol. The number of carbonyl (C=O) groups excluding carboxylic acids is 1. The first-order valence-electron chi connectivity index (χ1n) is 10.1. The molecule has 156 valence electrons. The molecule has 1 atom stereocenters. The van der Waals surface area contributed by atoms with E-state index in [1.165, 1.54) is 12.3 Å². The molecule has 0 radical (unpaired) electrons. The summed E-state index contributed by atoms with van der Waals surface area (Å²) in [6.07, 6.45) is 2.01. The number of nitrogens with one attached hydrogen (secondary N) is 1. The predicted octanol–water partition coefficient (Wildman–Crippen LogP) is 4.67. The Morgan fingerprint density at radius 3 is 2.23 bits per heavy atom. The highest BCUT2D eigenvalue weighted by atomic mass is 16.6. The molecule has 0 aliphatic heterocycles. The summed E-state index contributed by atoms with van der Waals surface area (Å²) in [5.74, 6) is -0.461. The van der Waals surface area contributed by atoms with Gasteiger partial charge in [-0.15, -0.1) is 0 Å². The van der Waals surface area contributed by atoms with Crippen molar-refractivity contribution in [3.63, 3.8) is 0 Å². The van der Waals surface area contributed by atoms with Crippen LogP contribution in [0.2, 0.25) is 0 Å². The van der Waals surface area contributed by atoms with Gasteiger partial charge in [-0.25, -0.2) is 5.43 Å². The van der Waals surface area contributed by atoms with Crippen molar-refractivity contribution in [1.29, 1.82) is 0 Å². The second-order valence-electron chi connectivity index (χ2n) is 8.02. The largest absolute Gasteiger partial charge is 0.278 e. The topological polar surface area (TPSA) is 84.6 Å². The van der Waals surface area contributed by atoms with E-state index in [0.717, 1.165) is 22.3 Å². The molecule has 6 nitrogen and oxygen atoms in total. The van der Waals surface area contributed by atoms with Crippen molar-refractivity contribution in [3.8, 4) is 0 Å². The molecule has 6 heteroatoms. The molecular formula is C25H23N3O3. The molecule has 1 N–H and O–H groups in total. The average molecular weight is 413 g/mol. The molecule has 3 aromatic carbocycles. The Bertz CT molecular complexity index is 1140. The van der Waals surface area contributed by atoms with Crippen molar-refractivity contribution < 1.29 is 9.72 Å². The summed E-state index contributed by atoms with van der Waals surface area (Å²) in [6, 6.07) is 22.8. The predicted molar refractivity (Wildman–Crippen MR) is 120 cm³/mol. The van der Waals surface area contributed by atoms with Crippen molar-refractivity contribution in [2.45, 2.75) is 25.7 Å². The number of nitro groups is 1. The molecule has 0 spiro atoms. The summed E-state index contributed by atoms with van der Waals surface area (Å²) in [5.41, 5.74) is 6.99. The molecular weight excluding hydrogens is 390 g/mol. The molecule has 0 saturated heterocycles. The summed E-state index contributed by atoms with van der Waals surface area (Å²) >= 11 is 0. The zero-order chi connectivity index (χ0) is 22.0. The first-order valence-corrected chi connectivity index (χ1v) is 10.1. The molecule has 0 heterocycles. The van der Waals surface area contributed by atoms with E-state index in [2.05, 4.69) is 34.8 Å². The van der Waals surface area contributed by atoms with Gasteiger partial charge in [0.05, 0.1) is 22.6 Å². The van der Waals surface area contributed by atoms with Crippen molar-refractivity contribution >= 4 is 17.8 Å². The van der Waals surface area contributed by atoms with E-state index in [1.54, 1.807) is 18.2 Å². The number of aryl methyl sites for hydroxylation is 2. The van der Waals surface area contributed by atoms with Crippen molar-refractivity contribution in [2.75, 3.05) is 0 Å². The van der Waals surface area contributed by atoms with E-state index in [1.807, 2.05) is 38.1 Å². The van der Waals surface area contributed by atoms with E-state index in [4.69, 9.17) is 0 Å². The van der Waals surface area contributed by atoms with Crippen molar-refractivity contribution in [3.05, 3.63) is 111 Å². The third-order valence-electron chi connectivity index (χ3n) is 5.86. The quantitative estimate of drug-likeness (QED) is 0.362. The molecule has 3 aromatic rings. The summed E-state index contributed by atoms with van der Waals surface area (Å²) in [4.78, 5) is 23.7. The lowest BCUT2D eigenvalue weighted by atomic mass is 9.84. The van der Waals surface area contributed by atoms with Crippen LogP contribution in [0, 0.1) is 29.9 Å². The Kier molecular flexibility index (Phi) is 5.38. The Hall–Kier alpha value is -3.80. The zero-order valence-corrected chi connectivity index (χ0v) is 17.4. The second kappa shape index (κ2) is 8.14. The van der Waals surface area contributed by atoms with Gasteiger partial charge in [0.1, 0.15) is 0 Å². The SMILES string of the molecule is Cc1cccc(C2(c3cccc(C)c3)CC2C(=O)N/N=C/c2ccccc2[N+](=O)[O-])c1. The van der Waals surface area contributed by atoms with Gasteiger partial charge in [-0.2, -0.15) is 5.10 Å². The van der Waals surface area contributed by atoms with E-state index in [9.17, 15) is 14.9 Å². The van der Waals surface area contributed by atoms with E-state index in [0.29, 0.717) is 12.0 Å². The number of hydrogen-bond donors (Lipinski definition) is 1. The molecule has 31 heavy (non-hydrogen) atoms. The van der Waals surface area contributed by atoms with Crippen molar-refractivity contribution in [1.82, 2.24) is 5.43 Å². The lowest BCUT2D eigenvalue weighted by Gasteiger charge is -2.19. The Balaban J connectivity index is 1.59. The fraction of sp³-hybridized carbons (Fsp3) is 0.200. The van der Waals surface area contributed by atoms with Crippen LogP contribution in [0.5, 0.6) is 0 Å². The minimum Gasteiger partial charge on any atom is -0.273 e. The molecule has 1 saturated carbocycles. The third kappa shape index (κ3) is 3.97. The molecule has 1 aliphatic carbocycles. The van der Waals surface area contributed by atoms with Crippen LogP contribution >= 0.6 is 0 Å². The van der Waals surface area contributed by atoms with Crippen LogP contribution < -0.4 is 5.43 Å². The molecule has 0 aromatic heterocycles. The lowest BCUT2D eigenvalue weighted by molar-refractivity contribution is -0.385. The van der Waals surface area contributed by atoms with Gasteiger partial charge in [0.25, 0.3) is 5.69 Å². The summed E-state index contributed by atoms with van der Waals surface area (Å²) in [7, 11) is 0. The number of amides is 1. The fourth-order valence-electron chi connectivity index (χ4n) is 4.24. The number of carbonyl (C=O) groups is 1. The van der Waals surface area contributed by atoms with Crippen LogP contribution in [0.4, 0.5) is 5.69 Å². The maximum Gasteiger partial charge on any atom is 0.278 e. The number of nitro benzene ring substituents is 1. The normalized spacial score (nSPS) is 16.8. The number of rotatable bonds is 6. The second-order valence-corrected chi connectivity index (χ2v) is 8.02. The van der Waals surface area contributed by atoms with Gasteiger partial charge >= 0.3 is 0 Å². The number of hydrazone groups is 1. The molecule has 1 amide bonds. The summed E-state index contributed by atoms with van der Waals surface area (Å²) < 4.78 is 0. The smallest absolute Gasteiger partial charge is 0.273 e. The maximum atomic E-state index is 13.0. The van der Waals surface area contributed by atoms with E-state index in [-0.39, 0.29) is 17.5 Å². The fourth-order valence-corrected chi connectivity index (χ4v) is 4.24. The van der Waals surface area contributed by atoms with Gasteiger partial charge in [0, 0.05) is 11.5 Å². The summed E-state index contributed by atoms with van der Waals surface area (Å²) in [5, 5.41) is 15.2. The van der Waals surface area contributed by atoms with Crippen molar-refractivity contribution in [2.24, 2.45) is 11.0 Å². The van der Waals surface area contributed by atoms with Crippen LogP contribution in [0.25, 0.3) is 0 Å². The van der Waals surface area contributed by atoms with Crippen LogP contribution in [-0.4, -0.2) is 17.0 Å². The van der Waals surface area contributed by atoms with Gasteiger partial charge in [0.2, 0.25) is 5.91 Å². The highest BCUT2D eigenvalue weighted by Gasteiger charge is 2.60. The van der Waals surface area contributed by atoms with Crippen LogP contribution in [0.3, 0.4) is 0 Å². The van der Waals surface area contributed by atoms with Gasteiger partial charge in [-0.1, -0.05) is 71.8 Å². The van der Waals surface area contributed by atoms with Gasteiger partial charge in [0.15, 0.2) is 0 Å². The first-order chi connectivity index (χ1) is 14.9. The van der Waals surface area contributed by atoms with Crippen LogP contribution in [-0.2, 0) is 10.2 Å². The van der Waals surface area contributed by atoms with Crippen LogP contribution in [0.1, 0.15) is 34.2 Å². The Morgan fingerprint density at radius 1 is 1.03 bits per heavy atom. The minimum absolute atomic E-state index is 0.0548. The average Bonchev–Trinajstić information content (AvgIpc) is 3.51. The first kappa shape index (κ1) is 20.5. The number of hydrogen-bond acceptors (Lipinski definition) is 4. The highest BCUT2D eigenvalue weighted by Crippen LogP contribution is 2.59. The molecule has 1 unspecified atom stereocenters. The molecule has 4 rings (SSSR count). The summed E-state index contributed by atoms with van der Waals surface area (Å²) in [6.45, 7) is 4.09. The minimum atomic E-state index is -0.468. The van der Waals surface area contributed by atoms with Gasteiger partial charge in [-0.3, -0.25) is 14.9 Å². The maximum absolute atomic E-state index is 13.0. The Labute approximate surface area is 180 Å². The lowest BCUT2D eigenvalue weighted by Crippen LogP contribution is -2.25. The van der Waals surface area contributed by atoms with Gasteiger partial charge in [-0.05, 0) is 37.5 Å². The molecule has 1 fully saturated rings. The molecule has 0 bridgehead atoms.